The van der Waals surface area contributed by atoms with E-state index in [1.54, 1.807) is 0 Å². The van der Waals surface area contributed by atoms with Gasteiger partial charge in [0.15, 0.2) is 11.7 Å². The van der Waals surface area contributed by atoms with Crippen LogP contribution in [0, 0.1) is 0 Å². The molecule has 2 aliphatic carbocycles. The number of fused-ring (bicyclic) bond motifs is 2. The van der Waals surface area contributed by atoms with Gasteiger partial charge in [0.1, 0.15) is 23.7 Å². The first-order chi connectivity index (χ1) is 13.1. The molecule has 0 bridgehead atoms. The van der Waals surface area contributed by atoms with Crippen molar-refractivity contribution >= 4 is 10.8 Å². The predicted octanol–water partition coefficient (Wildman–Crippen LogP) is 0.473. The van der Waals surface area contributed by atoms with Gasteiger partial charge in [-0.1, -0.05) is 24.3 Å². The molecule has 0 aromatic heterocycles. The van der Waals surface area contributed by atoms with E-state index >= 15 is 0 Å². The largest absolute Gasteiger partial charge is 0.446 e. The second kappa shape index (κ2) is 4.24. The molecule has 4 fully saturated rings. The molecule has 2 aromatic carbocycles. The van der Waals surface area contributed by atoms with Crippen molar-refractivity contribution in [3.63, 3.8) is 0 Å². The molecule has 1 spiro atoms. The van der Waals surface area contributed by atoms with E-state index in [-0.39, 0.29) is 0 Å². The molecule has 0 amide bonds. The molecular formula is C20H18O7. The average molecular weight is 370 g/mol. The van der Waals surface area contributed by atoms with Gasteiger partial charge in [0.25, 0.3) is 0 Å². The van der Waals surface area contributed by atoms with Crippen molar-refractivity contribution in [2.24, 2.45) is 0 Å². The average Bonchev–Trinajstić information content (AvgIpc) is 3.57. The Bertz CT molecular complexity index is 966. The number of rotatable bonds is 0. The molecule has 3 aliphatic heterocycles. The summed E-state index contributed by atoms with van der Waals surface area (Å²) in [7, 11) is 0. The minimum atomic E-state index is -1.46. The summed E-state index contributed by atoms with van der Waals surface area (Å²) in [4.78, 5) is 0. The maximum Gasteiger partial charge on any atom is 0.315 e. The zero-order valence-corrected chi connectivity index (χ0v) is 14.2. The second-order valence-electron chi connectivity index (χ2n) is 8.19. The molecule has 5 aliphatic rings. The smallest absolute Gasteiger partial charge is 0.315 e. The van der Waals surface area contributed by atoms with Crippen LogP contribution in [0.5, 0.6) is 11.5 Å². The Labute approximate surface area is 154 Å². The highest BCUT2D eigenvalue weighted by Crippen LogP contribution is 2.73. The maximum absolute atomic E-state index is 11.0. The Hall–Kier alpha value is -1.90. The minimum Gasteiger partial charge on any atom is -0.446 e. The van der Waals surface area contributed by atoms with E-state index in [0.717, 1.165) is 10.8 Å². The number of benzene rings is 2. The third-order valence-corrected chi connectivity index (χ3v) is 7.07. The van der Waals surface area contributed by atoms with Crippen LogP contribution in [0.25, 0.3) is 10.8 Å². The van der Waals surface area contributed by atoms with E-state index in [0.29, 0.717) is 24.3 Å². The zero-order chi connectivity index (χ0) is 18.2. The van der Waals surface area contributed by atoms with Gasteiger partial charge in [-0.15, -0.1) is 0 Å². The molecule has 2 aromatic rings. The lowest BCUT2D eigenvalue weighted by atomic mass is 9.63. The van der Waals surface area contributed by atoms with Crippen molar-refractivity contribution in [2.75, 3.05) is 0 Å². The summed E-state index contributed by atoms with van der Waals surface area (Å²) >= 11 is 0. The molecule has 7 heteroatoms. The van der Waals surface area contributed by atoms with E-state index in [4.69, 9.17) is 18.9 Å². The molecule has 2 saturated heterocycles. The molecular weight excluding hydrogens is 352 g/mol. The summed E-state index contributed by atoms with van der Waals surface area (Å²) in [5.41, 5.74) is -2.73. The van der Waals surface area contributed by atoms with Crippen LogP contribution in [-0.2, 0) is 9.47 Å². The van der Waals surface area contributed by atoms with E-state index in [2.05, 4.69) is 0 Å². The van der Waals surface area contributed by atoms with Crippen molar-refractivity contribution < 1.29 is 34.3 Å². The Morgan fingerprint density at radius 2 is 1.56 bits per heavy atom. The maximum atomic E-state index is 11.0. The summed E-state index contributed by atoms with van der Waals surface area (Å²) < 4.78 is 24.7. The lowest BCUT2D eigenvalue weighted by molar-refractivity contribution is -0.220. The van der Waals surface area contributed by atoms with Gasteiger partial charge < -0.3 is 34.3 Å². The van der Waals surface area contributed by atoms with Gasteiger partial charge in [-0.2, -0.15) is 0 Å². The monoisotopic (exact) mass is 370 g/mol. The van der Waals surface area contributed by atoms with Crippen LogP contribution < -0.4 is 9.47 Å². The Morgan fingerprint density at radius 1 is 0.889 bits per heavy atom. The first-order valence-corrected chi connectivity index (χ1v) is 9.35. The summed E-state index contributed by atoms with van der Waals surface area (Å²) in [5, 5.41) is 34.4. The van der Waals surface area contributed by atoms with Gasteiger partial charge in [0.2, 0.25) is 5.60 Å². The number of aliphatic hydroxyl groups is 3. The molecule has 140 valence electrons. The second-order valence-corrected chi connectivity index (χ2v) is 8.19. The summed E-state index contributed by atoms with van der Waals surface area (Å²) in [6.07, 6.45) is -3.43. The van der Waals surface area contributed by atoms with Crippen LogP contribution in [0.1, 0.15) is 12.8 Å². The molecule has 0 radical (unpaired) electrons. The lowest BCUT2D eigenvalue weighted by Gasteiger charge is -2.48. The topological polar surface area (TPSA) is 104 Å². The molecule has 7 atom stereocenters. The Balaban J connectivity index is 1.48. The van der Waals surface area contributed by atoms with Gasteiger partial charge in [0.05, 0.1) is 17.6 Å². The summed E-state index contributed by atoms with van der Waals surface area (Å²) in [6, 6.07) is 11.4. The van der Waals surface area contributed by atoms with E-state index in [1.165, 1.54) is 0 Å². The number of aliphatic hydroxyl groups excluding tert-OH is 3. The first-order valence-electron chi connectivity index (χ1n) is 9.35. The molecule has 2 saturated carbocycles. The molecule has 27 heavy (non-hydrogen) atoms. The van der Waals surface area contributed by atoms with E-state index in [1.807, 2.05) is 36.4 Å². The molecule has 7 nitrogen and oxygen atoms in total. The van der Waals surface area contributed by atoms with Crippen LogP contribution in [0.15, 0.2) is 36.4 Å². The molecule has 3 heterocycles. The van der Waals surface area contributed by atoms with Gasteiger partial charge in [-0.25, -0.2) is 0 Å². The van der Waals surface area contributed by atoms with Crippen LogP contribution >= 0.6 is 0 Å². The third kappa shape index (κ3) is 1.36. The van der Waals surface area contributed by atoms with E-state index < -0.39 is 47.5 Å². The fraction of sp³-hybridized carbons (Fsp3) is 0.500. The SMILES string of the molecule is O[C@@H]1CC[C@H](O)[C@@]23O[C@@]12C1(Oc2cccc4cccc(c24)O1)[C@@H]1O[C@@H]1[C@@H]3O. The van der Waals surface area contributed by atoms with Crippen molar-refractivity contribution in [1.82, 2.24) is 0 Å². The lowest BCUT2D eigenvalue weighted by Crippen LogP contribution is -2.75. The summed E-state index contributed by atoms with van der Waals surface area (Å²) in [5.74, 6) is -0.225. The van der Waals surface area contributed by atoms with Crippen molar-refractivity contribution in [1.29, 1.82) is 0 Å². The van der Waals surface area contributed by atoms with Crippen LogP contribution in [-0.4, -0.2) is 62.8 Å². The molecule has 7 rings (SSSR count). The highest BCUT2D eigenvalue weighted by Gasteiger charge is 2.99. The fourth-order valence-electron chi connectivity index (χ4n) is 5.85. The van der Waals surface area contributed by atoms with Gasteiger partial charge in [-0.3, -0.25) is 0 Å². The first kappa shape index (κ1) is 15.1. The number of epoxide rings is 2. The van der Waals surface area contributed by atoms with Gasteiger partial charge in [0, 0.05) is 0 Å². The third-order valence-electron chi connectivity index (χ3n) is 7.07. The zero-order valence-electron chi connectivity index (χ0n) is 14.2. The van der Waals surface area contributed by atoms with Crippen molar-refractivity contribution in [2.45, 2.75) is 60.4 Å². The number of hydrogen-bond donors (Lipinski definition) is 3. The summed E-state index contributed by atoms with van der Waals surface area (Å²) in [6.45, 7) is 0. The van der Waals surface area contributed by atoms with Crippen LogP contribution in [0.3, 0.4) is 0 Å². The normalized spacial score (nSPS) is 47.3. The number of hydrogen-bond acceptors (Lipinski definition) is 7. The van der Waals surface area contributed by atoms with Gasteiger partial charge in [-0.05, 0) is 30.4 Å². The quantitative estimate of drug-likeness (QED) is 0.579. The van der Waals surface area contributed by atoms with E-state index in [9.17, 15) is 15.3 Å². The van der Waals surface area contributed by atoms with Crippen molar-refractivity contribution in [3.8, 4) is 11.5 Å². The standard InChI is InChI=1S/C20H18O7/c21-12-7-8-13(22)19-18(12,27-19)16(23)15-17(24-15)20(19)25-10-5-1-3-9-4-2-6-11(26-20)14(9)10/h1-6,12-13,15-17,21-23H,7-8H2/t12-,13+,15+,16-,17+,18-,19-/m0/s1. The minimum absolute atomic E-state index is 0.327. The van der Waals surface area contributed by atoms with Crippen molar-refractivity contribution in [3.05, 3.63) is 36.4 Å². The molecule has 0 unspecified atom stereocenters. The van der Waals surface area contributed by atoms with Crippen LogP contribution in [0.4, 0.5) is 0 Å². The highest BCUT2D eigenvalue weighted by molar-refractivity contribution is 5.94. The van der Waals surface area contributed by atoms with Crippen LogP contribution in [0.2, 0.25) is 0 Å². The molecule has 3 N–H and O–H groups in total. The predicted molar refractivity (Wildman–Crippen MR) is 90.4 cm³/mol. The highest BCUT2D eigenvalue weighted by atomic mass is 16.8. The Morgan fingerprint density at radius 3 is 2.26 bits per heavy atom. The fourth-order valence-corrected chi connectivity index (χ4v) is 5.85. The van der Waals surface area contributed by atoms with Gasteiger partial charge >= 0.3 is 5.79 Å². The number of ether oxygens (including phenoxy) is 4. The Kier molecular flexibility index (Phi) is 2.36.